The van der Waals surface area contributed by atoms with E-state index in [1.807, 2.05) is 13.8 Å². The first-order valence-corrected chi connectivity index (χ1v) is 11.5. The number of likely N-dealkylation sites (tertiary alicyclic amines) is 1. The number of fused-ring (bicyclic) bond motifs is 4. The summed E-state index contributed by atoms with van der Waals surface area (Å²) in [6.07, 6.45) is 4.09. The van der Waals surface area contributed by atoms with E-state index in [9.17, 15) is 0 Å². The minimum atomic E-state index is 0.232. The summed E-state index contributed by atoms with van der Waals surface area (Å²) >= 11 is 0. The van der Waals surface area contributed by atoms with Crippen LogP contribution < -0.4 is 5.32 Å². The molecule has 3 aliphatic rings. The Balaban J connectivity index is 0.000000994. The fourth-order valence-electron chi connectivity index (χ4n) is 5.37. The van der Waals surface area contributed by atoms with E-state index >= 15 is 0 Å². The van der Waals surface area contributed by atoms with Gasteiger partial charge in [-0.25, -0.2) is 0 Å². The maximum absolute atomic E-state index is 4.59. The Kier molecular flexibility index (Phi) is 5.57. The van der Waals surface area contributed by atoms with Crippen molar-refractivity contribution < 1.29 is 0 Å². The molecule has 1 N–H and O–H groups in total. The van der Waals surface area contributed by atoms with Gasteiger partial charge >= 0.3 is 0 Å². The van der Waals surface area contributed by atoms with Gasteiger partial charge in [-0.3, -0.25) is 4.90 Å². The number of hydrogen-bond acceptors (Lipinski definition) is 2. The van der Waals surface area contributed by atoms with Gasteiger partial charge in [-0.2, -0.15) is 0 Å². The molecule has 1 saturated carbocycles. The van der Waals surface area contributed by atoms with Gasteiger partial charge in [-0.05, 0) is 84.0 Å². The minimum absolute atomic E-state index is 0.232. The van der Waals surface area contributed by atoms with Crippen LogP contribution in [0.5, 0.6) is 0 Å². The summed E-state index contributed by atoms with van der Waals surface area (Å²) < 4.78 is 0. The lowest BCUT2D eigenvalue weighted by atomic mass is 9.57. The average Bonchev–Trinajstić information content (AvgIpc) is 3.56. The Bertz CT molecular complexity index is 867. The van der Waals surface area contributed by atoms with Gasteiger partial charge in [0.2, 0.25) is 0 Å². The summed E-state index contributed by atoms with van der Waals surface area (Å²) in [5.74, 6) is 1.55. The summed E-state index contributed by atoms with van der Waals surface area (Å²) in [6.45, 7) is 16.0. The zero-order valence-corrected chi connectivity index (χ0v) is 18.5. The molecule has 2 aromatic carbocycles. The molecule has 3 atom stereocenters. The van der Waals surface area contributed by atoms with Crippen LogP contribution >= 0.6 is 0 Å². The van der Waals surface area contributed by atoms with Crippen LogP contribution in [0.1, 0.15) is 58.1 Å². The van der Waals surface area contributed by atoms with Gasteiger partial charge in [0.1, 0.15) is 0 Å². The number of hydrogen-bond donors (Lipinski definition) is 1. The SMILES string of the molecule is C=C1c2ccc(Nc3ccccc3)cc2[C@]2(C)CCN(CC3CC3)[C@H]1[C@@H]2C.CC. The van der Waals surface area contributed by atoms with E-state index in [2.05, 4.69) is 79.2 Å². The van der Waals surface area contributed by atoms with Crippen molar-refractivity contribution in [3.8, 4) is 0 Å². The van der Waals surface area contributed by atoms with E-state index in [0.717, 1.165) is 11.6 Å². The molecule has 1 saturated heterocycles. The molecule has 29 heavy (non-hydrogen) atoms. The molecule has 0 aromatic heterocycles. The largest absolute Gasteiger partial charge is 0.356 e. The predicted molar refractivity (Wildman–Crippen MR) is 126 cm³/mol. The number of rotatable bonds is 4. The second-order valence-electron chi connectivity index (χ2n) is 9.12. The van der Waals surface area contributed by atoms with Crippen LogP contribution in [0, 0.1) is 11.8 Å². The molecule has 0 spiro atoms. The predicted octanol–water partition coefficient (Wildman–Crippen LogP) is 6.86. The van der Waals surface area contributed by atoms with Gasteiger partial charge in [-0.1, -0.05) is 58.5 Å². The average molecular weight is 389 g/mol. The van der Waals surface area contributed by atoms with Crippen molar-refractivity contribution in [2.45, 2.75) is 58.4 Å². The number of para-hydroxylation sites is 1. The molecule has 2 heteroatoms. The molecule has 0 radical (unpaired) electrons. The number of piperidine rings is 1. The van der Waals surface area contributed by atoms with E-state index in [1.165, 1.54) is 54.7 Å². The highest BCUT2D eigenvalue weighted by Crippen LogP contribution is 2.53. The zero-order chi connectivity index (χ0) is 20.6. The first-order valence-electron chi connectivity index (χ1n) is 11.5. The molecule has 0 unspecified atom stereocenters. The minimum Gasteiger partial charge on any atom is -0.356 e. The Hall–Kier alpha value is -2.06. The third kappa shape index (κ3) is 3.64. The molecule has 2 bridgehead atoms. The first-order chi connectivity index (χ1) is 14.1. The fraction of sp³-hybridized carbons (Fsp3) is 0.481. The van der Waals surface area contributed by atoms with Crippen molar-refractivity contribution in [1.82, 2.24) is 4.90 Å². The van der Waals surface area contributed by atoms with Gasteiger partial charge in [0.05, 0.1) is 0 Å². The van der Waals surface area contributed by atoms with Crippen molar-refractivity contribution in [3.05, 3.63) is 66.2 Å². The third-order valence-corrected chi connectivity index (χ3v) is 7.38. The van der Waals surface area contributed by atoms with E-state index in [4.69, 9.17) is 0 Å². The lowest BCUT2D eigenvalue weighted by molar-refractivity contribution is 0.0645. The highest BCUT2D eigenvalue weighted by molar-refractivity contribution is 5.77. The molecule has 2 aliphatic carbocycles. The topological polar surface area (TPSA) is 15.3 Å². The number of benzene rings is 2. The van der Waals surface area contributed by atoms with Gasteiger partial charge in [-0.15, -0.1) is 0 Å². The molecular formula is C27H36N2. The maximum Gasteiger partial charge on any atom is 0.0387 e. The number of nitrogens with one attached hydrogen (secondary N) is 1. The van der Waals surface area contributed by atoms with Crippen molar-refractivity contribution in [3.63, 3.8) is 0 Å². The molecule has 1 aliphatic heterocycles. The smallest absolute Gasteiger partial charge is 0.0387 e. The van der Waals surface area contributed by atoms with E-state index in [1.54, 1.807) is 0 Å². The van der Waals surface area contributed by atoms with E-state index in [0.29, 0.717) is 12.0 Å². The van der Waals surface area contributed by atoms with Crippen LogP contribution in [0.2, 0.25) is 0 Å². The van der Waals surface area contributed by atoms with Crippen molar-refractivity contribution in [1.29, 1.82) is 0 Å². The normalized spacial score (nSPS) is 28.2. The molecule has 2 nitrogen and oxygen atoms in total. The van der Waals surface area contributed by atoms with Crippen LogP contribution in [0.3, 0.4) is 0 Å². The Labute approximate surface area is 177 Å². The molecule has 5 rings (SSSR count). The highest BCUT2D eigenvalue weighted by atomic mass is 15.2. The number of nitrogens with zero attached hydrogens (tertiary/aromatic N) is 1. The maximum atomic E-state index is 4.59. The van der Waals surface area contributed by atoms with Crippen LogP contribution in [0.4, 0.5) is 11.4 Å². The number of anilines is 2. The fourth-order valence-corrected chi connectivity index (χ4v) is 5.37. The van der Waals surface area contributed by atoms with E-state index in [-0.39, 0.29) is 5.41 Å². The summed E-state index contributed by atoms with van der Waals surface area (Å²) in [5.41, 5.74) is 6.77. The summed E-state index contributed by atoms with van der Waals surface area (Å²) in [6, 6.07) is 17.9. The molecule has 1 heterocycles. The first kappa shape index (κ1) is 20.2. The molecule has 2 fully saturated rings. The Morgan fingerprint density at radius 3 is 2.48 bits per heavy atom. The quantitative estimate of drug-likeness (QED) is 0.615. The second kappa shape index (κ2) is 7.99. The molecule has 154 valence electrons. The van der Waals surface area contributed by atoms with Crippen LogP contribution in [-0.4, -0.2) is 24.0 Å². The van der Waals surface area contributed by atoms with Gasteiger partial charge in [0, 0.05) is 24.0 Å². The van der Waals surface area contributed by atoms with Crippen molar-refractivity contribution in [2.75, 3.05) is 18.4 Å². The van der Waals surface area contributed by atoms with E-state index < -0.39 is 0 Å². The Morgan fingerprint density at radius 2 is 1.79 bits per heavy atom. The van der Waals surface area contributed by atoms with Crippen LogP contribution in [-0.2, 0) is 5.41 Å². The monoisotopic (exact) mass is 388 g/mol. The standard InChI is InChI=1S/C25H30N2.C2H6/c1-17-22-12-11-21(26-20-7-5-4-6-8-20)15-23(22)25(3)13-14-27(16-19-9-10-19)24(17)18(25)2;1-2/h4-8,11-12,15,18-19,24,26H,1,9-10,13-14,16H2,2-3H3;1-2H3/t18-,24+,25+;/m0./s1. The van der Waals surface area contributed by atoms with Gasteiger partial charge in [0.25, 0.3) is 0 Å². The molecule has 0 amide bonds. The van der Waals surface area contributed by atoms with Crippen molar-refractivity contribution in [2.24, 2.45) is 11.8 Å². The zero-order valence-electron chi connectivity index (χ0n) is 18.5. The Morgan fingerprint density at radius 1 is 1.07 bits per heavy atom. The van der Waals surface area contributed by atoms with Gasteiger partial charge in [0.15, 0.2) is 0 Å². The lowest BCUT2D eigenvalue weighted by Gasteiger charge is -2.55. The summed E-state index contributed by atoms with van der Waals surface area (Å²) in [5, 5.41) is 3.58. The van der Waals surface area contributed by atoms with Crippen molar-refractivity contribution >= 4 is 16.9 Å². The lowest BCUT2D eigenvalue weighted by Crippen LogP contribution is -2.57. The summed E-state index contributed by atoms with van der Waals surface area (Å²) in [4.78, 5) is 2.74. The van der Waals surface area contributed by atoms with Crippen LogP contribution in [0.15, 0.2) is 55.1 Å². The van der Waals surface area contributed by atoms with Gasteiger partial charge < -0.3 is 5.32 Å². The second-order valence-corrected chi connectivity index (χ2v) is 9.12. The third-order valence-electron chi connectivity index (χ3n) is 7.38. The highest BCUT2D eigenvalue weighted by Gasteiger charge is 2.50. The molecule has 2 aromatic rings. The van der Waals surface area contributed by atoms with Crippen LogP contribution in [0.25, 0.3) is 5.57 Å². The summed E-state index contributed by atoms with van der Waals surface area (Å²) in [7, 11) is 0. The molecular weight excluding hydrogens is 352 g/mol.